The summed E-state index contributed by atoms with van der Waals surface area (Å²) in [6, 6.07) is 4.16. The van der Waals surface area contributed by atoms with Gasteiger partial charge in [-0.2, -0.15) is 0 Å². The minimum atomic E-state index is 0.166. The van der Waals surface area contributed by atoms with Crippen LogP contribution < -0.4 is 5.32 Å². The maximum absolute atomic E-state index is 11.1. The van der Waals surface area contributed by atoms with Crippen LogP contribution in [0.1, 0.15) is 24.6 Å². The molecule has 1 aromatic heterocycles. The molecule has 0 atom stereocenters. The second-order valence-corrected chi connectivity index (χ2v) is 3.92. The molecular weight excluding hydrogens is 182 g/mol. The molecular formula is C10H15NOS. The molecule has 0 saturated carbocycles. The van der Waals surface area contributed by atoms with Crippen molar-refractivity contribution < 1.29 is 4.79 Å². The molecule has 0 spiro atoms. The van der Waals surface area contributed by atoms with E-state index < -0.39 is 0 Å². The van der Waals surface area contributed by atoms with Crippen LogP contribution in [0.5, 0.6) is 0 Å². The normalized spacial score (nSPS) is 9.92. The highest BCUT2D eigenvalue weighted by atomic mass is 32.1. The molecule has 0 unspecified atom stereocenters. The molecule has 1 rings (SSSR count). The fourth-order valence-corrected chi connectivity index (χ4v) is 1.91. The highest BCUT2D eigenvalue weighted by Crippen LogP contribution is 2.11. The summed E-state index contributed by atoms with van der Waals surface area (Å²) in [4.78, 5) is 12.4. The van der Waals surface area contributed by atoms with E-state index in [2.05, 4.69) is 16.8 Å². The molecule has 13 heavy (non-hydrogen) atoms. The number of carbonyl (C=O) groups is 1. The van der Waals surface area contributed by atoms with Crippen molar-refractivity contribution in [3.05, 3.63) is 22.4 Å². The van der Waals surface area contributed by atoms with Crippen molar-refractivity contribution >= 4 is 17.2 Å². The molecule has 3 heteroatoms. The summed E-state index contributed by atoms with van der Waals surface area (Å²) in [5.41, 5.74) is 0. The molecule has 0 saturated heterocycles. The predicted molar refractivity (Wildman–Crippen MR) is 55.9 cm³/mol. The fraction of sp³-hybridized carbons (Fsp3) is 0.500. The minimum absolute atomic E-state index is 0.166. The quantitative estimate of drug-likeness (QED) is 0.770. The standard InChI is InChI=1S/C10H15NOS/c1-2-11-10(12)7-3-5-9-6-4-8-13-9/h4,6,8H,2-3,5,7H2,1H3,(H,11,12). The lowest BCUT2D eigenvalue weighted by atomic mass is 10.2. The molecule has 2 nitrogen and oxygen atoms in total. The molecule has 1 aromatic rings. The van der Waals surface area contributed by atoms with Crippen molar-refractivity contribution in [1.29, 1.82) is 0 Å². The van der Waals surface area contributed by atoms with Gasteiger partial charge in [-0.25, -0.2) is 0 Å². The predicted octanol–water partition coefficient (Wildman–Crippen LogP) is 2.21. The summed E-state index contributed by atoms with van der Waals surface area (Å²) in [7, 11) is 0. The van der Waals surface area contributed by atoms with Crippen LogP contribution in [0.25, 0.3) is 0 Å². The molecule has 0 radical (unpaired) electrons. The Labute approximate surface area is 83.0 Å². The average Bonchev–Trinajstić information content (AvgIpc) is 2.57. The SMILES string of the molecule is CCNC(=O)CCCc1cccs1. The summed E-state index contributed by atoms with van der Waals surface area (Å²) in [6.45, 7) is 2.68. The topological polar surface area (TPSA) is 29.1 Å². The van der Waals surface area contributed by atoms with Crippen molar-refractivity contribution in [3.8, 4) is 0 Å². The number of rotatable bonds is 5. The molecule has 0 bridgehead atoms. The van der Waals surface area contributed by atoms with Crippen LogP contribution in [-0.2, 0) is 11.2 Å². The third-order valence-corrected chi connectivity index (χ3v) is 2.72. The number of aryl methyl sites for hydroxylation is 1. The Balaban J connectivity index is 2.11. The van der Waals surface area contributed by atoms with Crippen molar-refractivity contribution in [2.75, 3.05) is 6.54 Å². The van der Waals surface area contributed by atoms with E-state index in [1.165, 1.54) is 4.88 Å². The number of carbonyl (C=O) groups excluding carboxylic acids is 1. The van der Waals surface area contributed by atoms with E-state index in [1.54, 1.807) is 11.3 Å². The molecule has 0 aromatic carbocycles. The minimum Gasteiger partial charge on any atom is -0.356 e. The van der Waals surface area contributed by atoms with Crippen LogP contribution in [0.3, 0.4) is 0 Å². The third-order valence-electron chi connectivity index (χ3n) is 1.78. The van der Waals surface area contributed by atoms with Gasteiger partial charge in [0.2, 0.25) is 5.91 Å². The molecule has 0 aliphatic rings. The number of nitrogens with one attached hydrogen (secondary N) is 1. The largest absolute Gasteiger partial charge is 0.356 e. The summed E-state index contributed by atoms with van der Waals surface area (Å²) >= 11 is 1.76. The Morgan fingerprint density at radius 2 is 2.46 bits per heavy atom. The Morgan fingerprint density at radius 3 is 3.08 bits per heavy atom. The van der Waals surface area contributed by atoms with Gasteiger partial charge in [0, 0.05) is 17.8 Å². The maximum atomic E-state index is 11.1. The Kier molecular flexibility index (Phi) is 4.54. The zero-order valence-electron chi connectivity index (χ0n) is 7.88. The number of amides is 1. The second kappa shape index (κ2) is 5.75. The van der Waals surface area contributed by atoms with Crippen molar-refractivity contribution in [2.45, 2.75) is 26.2 Å². The Morgan fingerprint density at radius 1 is 1.62 bits per heavy atom. The van der Waals surface area contributed by atoms with E-state index >= 15 is 0 Å². The third kappa shape index (κ3) is 4.08. The van der Waals surface area contributed by atoms with E-state index in [1.807, 2.05) is 13.0 Å². The van der Waals surface area contributed by atoms with Crippen LogP contribution in [0.4, 0.5) is 0 Å². The highest BCUT2D eigenvalue weighted by Gasteiger charge is 1.99. The van der Waals surface area contributed by atoms with E-state index in [-0.39, 0.29) is 5.91 Å². The summed E-state index contributed by atoms with van der Waals surface area (Å²) in [5, 5.41) is 4.86. The number of hydrogen-bond donors (Lipinski definition) is 1. The monoisotopic (exact) mass is 197 g/mol. The lowest BCUT2D eigenvalue weighted by Crippen LogP contribution is -2.22. The van der Waals surface area contributed by atoms with Gasteiger partial charge in [-0.1, -0.05) is 6.07 Å². The second-order valence-electron chi connectivity index (χ2n) is 2.89. The first-order valence-electron chi connectivity index (χ1n) is 4.62. The zero-order chi connectivity index (χ0) is 9.52. The lowest BCUT2D eigenvalue weighted by molar-refractivity contribution is -0.121. The van der Waals surface area contributed by atoms with E-state index in [4.69, 9.17) is 0 Å². The van der Waals surface area contributed by atoms with Crippen LogP contribution in [0.2, 0.25) is 0 Å². The molecule has 0 fully saturated rings. The van der Waals surface area contributed by atoms with Gasteiger partial charge in [0.25, 0.3) is 0 Å². The van der Waals surface area contributed by atoms with Gasteiger partial charge in [-0.05, 0) is 31.2 Å². The van der Waals surface area contributed by atoms with E-state index in [9.17, 15) is 4.79 Å². The average molecular weight is 197 g/mol. The molecule has 0 aliphatic heterocycles. The van der Waals surface area contributed by atoms with E-state index in [0.29, 0.717) is 6.42 Å². The van der Waals surface area contributed by atoms with Gasteiger partial charge in [-0.3, -0.25) is 4.79 Å². The highest BCUT2D eigenvalue weighted by molar-refractivity contribution is 7.09. The summed E-state index contributed by atoms with van der Waals surface area (Å²) < 4.78 is 0. The van der Waals surface area contributed by atoms with Crippen molar-refractivity contribution in [2.24, 2.45) is 0 Å². The lowest BCUT2D eigenvalue weighted by Gasteiger charge is -2.00. The van der Waals surface area contributed by atoms with Crippen LogP contribution >= 0.6 is 11.3 Å². The molecule has 1 N–H and O–H groups in total. The van der Waals surface area contributed by atoms with Gasteiger partial charge < -0.3 is 5.32 Å². The van der Waals surface area contributed by atoms with Crippen molar-refractivity contribution in [3.63, 3.8) is 0 Å². The summed E-state index contributed by atoms with van der Waals surface area (Å²) in [5.74, 6) is 0.166. The summed E-state index contributed by atoms with van der Waals surface area (Å²) in [6.07, 6.45) is 2.62. The van der Waals surface area contributed by atoms with Gasteiger partial charge in [0.1, 0.15) is 0 Å². The molecule has 1 heterocycles. The first-order valence-corrected chi connectivity index (χ1v) is 5.50. The van der Waals surface area contributed by atoms with Crippen LogP contribution in [-0.4, -0.2) is 12.5 Å². The number of thiophene rings is 1. The van der Waals surface area contributed by atoms with Gasteiger partial charge in [0.05, 0.1) is 0 Å². The van der Waals surface area contributed by atoms with Crippen molar-refractivity contribution in [1.82, 2.24) is 5.32 Å². The maximum Gasteiger partial charge on any atom is 0.219 e. The Bertz CT molecular complexity index is 243. The van der Waals surface area contributed by atoms with Gasteiger partial charge in [-0.15, -0.1) is 11.3 Å². The zero-order valence-corrected chi connectivity index (χ0v) is 8.69. The molecule has 1 amide bonds. The molecule has 0 aliphatic carbocycles. The fourth-order valence-electron chi connectivity index (χ4n) is 1.16. The Hall–Kier alpha value is -0.830. The first-order chi connectivity index (χ1) is 6.33. The molecule has 72 valence electrons. The van der Waals surface area contributed by atoms with Crippen LogP contribution in [0, 0.1) is 0 Å². The van der Waals surface area contributed by atoms with Gasteiger partial charge in [0.15, 0.2) is 0 Å². The number of hydrogen-bond acceptors (Lipinski definition) is 2. The smallest absolute Gasteiger partial charge is 0.219 e. The van der Waals surface area contributed by atoms with Gasteiger partial charge >= 0.3 is 0 Å². The first kappa shape index (κ1) is 10.3. The van der Waals surface area contributed by atoms with E-state index in [0.717, 1.165) is 19.4 Å². The van der Waals surface area contributed by atoms with Crippen LogP contribution in [0.15, 0.2) is 17.5 Å².